The topological polar surface area (TPSA) is 261 Å². The zero-order valence-corrected chi connectivity index (χ0v) is 21.6. The smallest absolute Gasteiger partial charge is 0.243 e. The number of rotatable bonds is 14. The molecule has 0 aliphatic carbocycles. The number of aromatic hydroxyl groups is 1. The molecule has 0 aromatic heterocycles. The van der Waals surface area contributed by atoms with Crippen LogP contribution in [0.2, 0.25) is 0 Å². The maximum atomic E-state index is 13.0. The molecule has 39 heavy (non-hydrogen) atoms. The maximum Gasteiger partial charge on any atom is 0.243 e. The van der Waals surface area contributed by atoms with Crippen LogP contribution in [-0.2, 0) is 30.4 Å². The average Bonchev–Trinajstić information content (AvgIpc) is 3.38. The van der Waals surface area contributed by atoms with Crippen LogP contribution >= 0.6 is 0 Å². The van der Waals surface area contributed by atoms with Crippen LogP contribution in [-0.4, -0.2) is 89.8 Å². The number of nitrogens with two attached hydrogens (primary N) is 4. The number of carbonyl (C=O) groups is 5. The van der Waals surface area contributed by atoms with Crippen LogP contribution in [0.15, 0.2) is 29.3 Å². The average molecular weight is 548 g/mol. The first-order valence-corrected chi connectivity index (χ1v) is 12.5. The number of guanidine groups is 1. The van der Waals surface area contributed by atoms with Crippen molar-refractivity contribution in [2.45, 2.75) is 50.2 Å². The first-order chi connectivity index (χ1) is 18.5. The number of nitrogens with zero attached hydrogens (tertiary/aromatic N) is 2. The lowest BCUT2D eigenvalue weighted by Gasteiger charge is -2.25. The zero-order valence-electron chi connectivity index (χ0n) is 21.6. The van der Waals surface area contributed by atoms with Crippen molar-refractivity contribution in [1.29, 1.82) is 0 Å². The highest BCUT2D eigenvalue weighted by atomic mass is 16.3. The predicted octanol–water partition coefficient (Wildman–Crippen LogP) is -3.49. The molecule has 0 radical (unpaired) electrons. The van der Waals surface area contributed by atoms with Crippen LogP contribution in [0, 0.1) is 0 Å². The molecule has 15 nitrogen and oxygen atoms in total. The highest BCUT2D eigenvalue weighted by Crippen LogP contribution is 2.17. The van der Waals surface area contributed by atoms with E-state index in [1.807, 2.05) is 0 Å². The third-order valence-corrected chi connectivity index (χ3v) is 6.03. The van der Waals surface area contributed by atoms with E-state index in [1.54, 1.807) is 12.1 Å². The van der Waals surface area contributed by atoms with E-state index < -0.39 is 54.2 Å². The van der Waals surface area contributed by atoms with Gasteiger partial charge in [0.15, 0.2) is 5.96 Å². The van der Waals surface area contributed by atoms with E-state index in [2.05, 4.69) is 20.9 Å². The van der Waals surface area contributed by atoms with Crippen LogP contribution < -0.4 is 38.9 Å². The number of hydrogen-bond donors (Lipinski definition) is 8. The van der Waals surface area contributed by atoms with Gasteiger partial charge in [0.05, 0.1) is 19.1 Å². The second-order valence-electron chi connectivity index (χ2n) is 9.13. The SMILES string of the molecule is NC(=O)CNC(=O)[C@@H]1CCCN1C(=O)CNC(=O)[C@H](CCCN=C(N)N)NC(=O)[C@@H](N)Cc1ccc(O)cc1. The number of aliphatic imine (C=N–C) groups is 1. The molecule has 0 spiro atoms. The number of carbonyl (C=O) groups excluding carboxylic acids is 5. The Kier molecular flexibility index (Phi) is 11.9. The van der Waals surface area contributed by atoms with E-state index >= 15 is 0 Å². The zero-order chi connectivity index (χ0) is 28.9. The third-order valence-electron chi connectivity index (χ3n) is 6.03. The van der Waals surface area contributed by atoms with Crippen LogP contribution in [0.5, 0.6) is 5.75 Å². The van der Waals surface area contributed by atoms with Gasteiger partial charge in [-0.25, -0.2) is 0 Å². The molecule has 214 valence electrons. The Morgan fingerprint density at radius 3 is 2.36 bits per heavy atom. The summed E-state index contributed by atoms with van der Waals surface area (Å²) in [6.45, 7) is -0.215. The number of likely N-dealkylation sites (tertiary alicyclic amines) is 1. The number of primary amides is 1. The van der Waals surface area contributed by atoms with Crippen molar-refractivity contribution in [2.24, 2.45) is 27.9 Å². The van der Waals surface area contributed by atoms with Crippen LogP contribution in [0.4, 0.5) is 0 Å². The van der Waals surface area contributed by atoms with E-state index in [4.69, 9.17) is 22.9 Å². The molecule has 5 amide bonds. The Morgan fingerprint density at radius 2 is 1.72 bits per heavy atom. The molecule has 0 bridgehead atoms. The molecule has 1 aromatic carbocycles. The summed E-state index contributed by atoms with van der Waals surface area (Å²) in [4.78, 5) is 67.0. The number of benzene rings is 1. The van der Waals surface area contributed by atoms with Crippen molar-refractivity contribution in [2.75, 3.05) is 26.2 Å². The van der Waals surface area contributed by atoms with Crippen molar-refractivity contribution in [3.8, 4) is 5.75 Å². The van der Waals surface area contributed by atoms with Gasteiger partial charge in [-0.05, 0) is 49.8 Å². The van der Waals surface area contributed by atoms with Gasteiger partial charge < -0.3 is 48.9 Å². The van der Waals surface area contributed by atoms with Gasteiger partial charge in [0.25, 0.3) is 0 Å². The minimum absolute atomic E-state index is 0.0790. The van der Waals surface area contributed by atoms with Gasteiger partial charge in [-0.3, -0.25) is 29.0 Å². The molecular weight excluding hydrogens is 510 g/mol. The Balaban J connectivity index is 1.98. The first-order valence-electron chi connectivity index (χ1n) is 12.5. The number of nitrogens with one attached hydrogen (secondary N) is 3. The largest absolute Gasteiger partial charge is 0.508 e. The molecular formula is C24H37N9O6. The summed E-state index contributed by atoms with van der Waals surface area (Å²) in [6.07, 6.45) is 1.67. The van der Waals surface area contributed by atoms with E-state index in [9.17, 15) is 29.1 Å². The lowest BCUT2D eigenvalue weighted by atomic mass is 10.0. The van der Waals surface area contributed by atoms with E-state index in [1.165, 1.54) is 17.0 Å². The van der Waals surface area contributed by atoms with Crippen LogP contribution in [0.1, 0.15) is 31.2 Å². The van der Waals surface area contributed by atoms with Crippen molar-refractivity contribution in [1.82, 2.24) is 20.9 Å². The van der Waals surface area contributed by atoms with Crippen molar-refractivity contribution >= 4 is 35.5 Å². The second-order valence-corrected chi connectivity index (χ2v) is 9.13. The third kappa shape index (κ3) is 10.5. The Hall–Kier alpha value is -4.40. The summed E-state index contributed by atoms with van der Waals surface area (Å²) in [5.74, 6) is -2.93. The van der Waals surface area contributed by atoms with Crippen molar-refractivity contribution < 1.29 is 29.1 Å². The molecule has 15 heteroatoms. The number of amides is 5. The maximum absolute atomic E-state index is 13.0. The summed E-state index contributed by atoms with van der Waals surface area (Å²) in [5.41, 5.74) is 22.5. The summed E-state index contributed by atoms with van der Waals surface area (Å²) < 4.78 is 0. The quantitative estimate of drug-likeness (QED) is 0.0652. The Morgan fingerprint density at radius 1 is 1.03 bits per heavy atom. The summed E-state index contributed by atoms with van der Waals surface area (Å²) in [5, 5.41) is 16.9. The monoisotopic (exact) mass is 547 g/mol. The number of hydrogen-bond acceptors (Lipinski definition) is 8. The molecule has 1 aliphatic heterocycles. The highest BCUT2D eigenvalue weighted by molar-refractivity contribution is 5.94. The van der Waals surface area contributed by atoms with E-state index in [-0.39, 0.29) is 37.6 Å². The molecule has 2 rings (SSSR count). The molecule has 1 saturated heterocycles. The first kappa shape index (κ1) is 30.8. The van der Waals surface area contributed by atoms with Gasteiger partial charge in [0, 0.05) is 13.1 Å². The van der Waals surface area contributed by atoms with Gasteiger partial charge in [-0.2, -0.15) is 0 Å². The summed E-state index contributed by atoms with van der Waals surface area (Å²) in [6, 6.07) is 3.43. The van der Waals surface area contributed by atoms with Gasteiger partial charge in [0.1, 0.15) is 17.8 Å². The van der Waals surface area contributed by atoms with Gasteiger partial charge in [-0.1, -0.05) is 12.1 Å². The fraction of sp³-hybridized carbons (Fsp3) is 0.500. The van der Waals surface area contributed by atoms with E-state index in [0.717, 1.165) is 5.56 Å². The molecule has 0 unspecified atom stereocenters. The summed E-state index contributed by atoms with van der Waals surface area (Å²) in [7, 11) is 0. The van der Waals surface area contributed by atoms with E-state index in [0.29, 0.717) is 25.8 Å². The molecule has 3 atom stereocenters. The molecule has 1 fully saturated rings. The normalized spacial score (nSPS) is 16.0. The van der Waals surface area contributed by atoms with Crippen molar-refractivity contribution in [3.63, 3.8) is 0 Å². The molecule has 1 aliphatic rings. The fourth-order valence-electron chi connectivity index (χ4n) is 4.05. The minimum Gasteiger partial charge on any atom is -0.508 e. The molecule has 1 heterocycles. The minimum atomic E-state index is -1.03. The second kappa shape index (κ2) is 15.1. The molecule has 1 aromatic rings. The number of phenolic OH excluding ortho intramolecular Hbond substituents is 1. The highest BCUT2D eigenvalue weighted by Gasteiger charge is 2.34. The standard InChI is InChI=1S/C24H37N9O6/c25-16(11-14-5-7-15(34)8-6-14)21(37)32-17(3-1-9-29-24(27)28)22(38)31-13-20(36)33-10-2-4-18(33)23(39)30-12-19(26)35/h5-8,16-18,34H,1-4,9-13,25H2,(H2,26,35)(H,30,39)(H,31,38)(H,32,37)(H4,27,28,29)/t16-,17-,18-/m0/s1. The Labute approximate surface area is 225 Å². The predicted molar refractivity (Wildman–Crippen MR) is 142 cm³/mol. The van der Waals surface area contributed by atoms with Gasteiger partial charge in [-0.15, -0.1) is 0 Å². The van der Waals surface area contributed by atoms with Crippen LogP contribution in [0.25, 0.3) is 0 Å². The lowest BCUT2D eigenvalue weighted by Crippen LogP contribution is -2.54. The fourth-order valence-corrected chi connectivity index (χ4v) is 4.05. The number of phenols is 1. The summed E-state index contributed by atoms with van der Waals surface area (Å²) >= 11 is 0. The molecule has 0 saturated carbocycles. The van der Waals surface area contributed by atoms with Crippen molar-refractivity contribution in [3.05, 3.63) is 29.8 Å². The van der Waals surface area contributed by atoms with Crippen LogP contribution in [0.3, 0.4) is 0 Å². The van der Waals surface area contributed by atoms with Gasteiger partial charge >= 0.3 is 0 Å². The lowest BCUT2D eigenvalue weighted by molar-refractivity contribution is -0.139. The van der Waals surface area contributed by atoms with Gasteiger partial charge in [0.2, 0.25) is 29.5 Å². The Bertz CT molecular complexity index is 1060. The molecule has 12 N–H and O–H groups in total.